The molecule has 2 rings (SSSR count). The van der Waals surface area contributed by atoms with Gasteiger partial charge in [-0.3, -0.25) is 0 Å². The Bertz CT molecular complexity index is 491. The summed E-state index contributed by atoms with van der Waals surface area (Å²) in [5, 5.41) is 15.9. The lowest BCUT2D eigenvalue weighted by atomic mass is 10.3. The predicted molar refractivity (Wildman–Crippen MR) is 73.9 cm³/mol. The van der Waals surface area contributed by atoms with Crippen molar-refractivity contribution in [3.05, 3.63) is 16.1 Å². The molecule has 2 heterocycles. The van der Waals surface area contributed by atoms with E-state index < -0.39 is 0 Å². The van der Waals surface area contributed by atoms with Crippen molar-refractivity contribution >= 4 is 23.1 Å². The van der Waals surface area contributed by atoms with Gasteiger partial charge in [0.2, 0.25) is 5.16 Å². The van der Waals surface area contributed by atoms with E-state index in [4.69, 9.17) is 0 Å². The zero-order valence-electron chi connectivity index (χ0n) is 10.8. The van der Waals surface area contributed by atoms with E-state index in [9.17, 15) is 0 Å². The molecule has 2 aromatic heterocycles. The fourth-order valence-electron chi connectivity index (χ4n) is 1.49. The maximum atomic E-state index is 4.59. The molecule has 0 aliphatic heterocycles. The Morgan fingerprint density at radius 1 is 1.44 bits per heavy atom. The Kier molecular flexibility index (Phi) is 4.71. The summed E-state index contributed by atoms with van der Waals surface area (Å²) in [6, 6.07) is 0.286. The summed E-state index contributed by atoms with van der Waals surface area (Å²) in [5.41, 5.74) is 1.12. The van der Waals surface area contributed by atoms with Gasteiger partial charge in [0.25, 0.3) is 0 Å². The van der Waals surface area contributed by atoms with E-state index >= 15 is 0 Å². The van der Waals surface area contributed by atoms with Crippen LogP contribution in [-0.4, -0.2) is 25.2 Å². The SMILES string of the molecule is CCCc1nc(CSc2nnnn2C(C)C)cs1. The largest absolute Gasteiger partial charge is 0.245 e. The first-order chi connectivity index (χ1) is 8.70. The van der Waals surface area contributed by atoms with Gasteiger partial charge < -0.3 is 0 Å². The molecule has 0 bridgehead atoms. The van der Waals surface area contributed by atoms with Gasteiger partial charge in [-0.25, -0.2) is 9.67 Å². The lowest BCUT2D eigenvalue weighted by Gasteiger charge is -2.05. The molecule has 98 valence electrons. The van der Waals surface area contributed by atoms with Crippen LogP contribution in [0.2, 0.25) is 0 Å². The molecule has 18 heavy (non-hydrogen) atoms. The first kappa shape index (κ1) is 13.5. The number of rotatable bonds is 6. The Balaban J connectivity index is 1.96. The van der Waals surface area contributed by atoms with Gasteiger partial charge in [0.15, 0.2) is 0 Å². The average Bonchev–Trinajstić information content (AvgIpc) is 2.95. The summed E-state index contributed by atoms with van der Waals surface area (Å²) < 4.78 is 1.84. The molecule has 0 saturated carbocycles. The van der Waals surface area contributed by atoms with E-state index in [2.05, 4.69) is 46.7 Å². The summed E-state index contributed by atoms with van der Waals surface area (Å²) in [4.78, 5) is 4.59. The molecule has 5 nitrogen and oxygen atoms in total. The molecule has 0 radical (unpaired) electrons. The Morgan fingerprint density at radius 2 is 2.28 bits per heavy atom. The van der Waals surface area contributed by atoms with Crippen molar-refractivity contribution in [1.29, 1.82) is 0 Å². The van der Waals surface area contributed by atoms with Crippen molar-refractivity contribution in [3.8, 4) is 0 Å². The molecule has 0 unspecified atom stereocenters. The molecular formula is C11H17N5S2. The van der Waals surface area contributed by atoms with Crippen LogP contribution >= 0.6 is 23.1 Å². The first-order valence-corrected chi connectivity index (χ1v) is 7.91. The smallest absolute Gasteiger partial charge is 0.209 e. The van der Waals surface area contributed by atoms with E-state index in [1.165, 1.54) is 5.01 Å². The number of nitrogens with zero attached hydrogens (tertiary/aromatic N) is 5. The number of aromatic nitrogens is 5. The monoisotopic (exact) mass is 283 g/mol. The zero-order chi connectivity index (χ0) is 13.0. The summed E-state index contributed by atoms with van der Waals surface area (Å²) in [6.45, 7) is 6.32. The van der Waals surface area contributed by atoms with Gasteiger partial charge in [-0.2, -0.15) is 0 Å². The molecule has 0 aliphatic rings. The highest BCUT2D eigenvalue weighted by Gasteiger charge is 2.10. The van der Waals surface area contributed by atoms with Gasteiger partial charge in [0.1, 0.15) is 0 Å². The van der Waals surface area contributed by atoms with Crippen molar-refractivity contribution in [2.45, 2.75) is 50.6 Å². The fourth-order valence-corrected chi connectivity index (χ4v) is 3.39. The van der Waals surface area contributed by atoms with Crippen molar-refractivity contribution in [1.82, 2.24) is 25.2 Å². The van der Waals surface area contributed by atoms with Crippen LogP contribution < -0.4 is 0 Å². The molecule has 2 aromatic rings. The number of hydrogen-bond acceptors (Lipinski definition) is 6. The third kappa shape index (κ3) is 3.29. The van der Waals surface area contributed by atoms with E-state index in [1.807, 2.05) is 4.68 Å². The lowest BCUT2D eigenvalue weighted by Crippen LogP contribution is -2.04. The molecule has 0 atom stereocenters. The Labute approximate surface area is 115 Å². The first-order valence-electron chi connectivity index (χ1n) is 6.04. The topological polar surface area (TPSA) is 56.5 Å². The number of thioether (sulfide) groups is 1. The standard InChI is InChI=1S/C11H17N5S2/c1-4-5-10-12-9(6-17-10)7-18-11-13-14-15-16(11)8(2)3/h6,8H,4-5,7H2,1-3H3. The minimum absolute atomic E-state index is 0.286. The van der Waals surface area contributed by atoms with Gasteiger partial charge in [-0.1, -0.05) is 18.7 Å². The van der Waals surface area contributed by atoms with Crippen LogP contribution in [0.15, 0.2) is 10.5 Å². The minimum Gasteiger partial charge on any atom is -0.245 e. The molecule has 0 saturated heterocycles. The zero-order valence-corrected chi connectivity index (χ0v) is 12.5. The molecule has 0 fully saturated rings. The van der Waals surface area contributed by atoms with Crippen molar-refractivity contribution in [2.75, 3.05) is 0 Å². The molecule has 0 amide bonds. The van der Waals surface area contributed by atoms with E-state index in [-0.39, 0.29) is 6.04 Å². The van der Waals surface area contributed by atoms with Crippen molar-refractivity contribution in [3.63, 3.8) is 0 Å². The predicted octanol–water partition coefficient (Wildman–Crippen LogP) is 2.96. The van der Waals surface area contributed by atoms with E-state index in [0.717, 1.165) is 29.4 Å². The van der Waals surface area contributed by atoms with Crippen LogP contribution in [0.25, 0.3) is 0 Å². The average molecular weight is 283 g/mol. The second-order valence-corrected chi connectivity index (χ2v) is 6.16. The molecule has 7 heteroatoms. The molecule has 0 aliphatic carbocycles. The van der Waals surface area contributed by atoms with E-state index in [1.54, 1.807) is 23.1 Å². The number of tetrazole rings is 1. The molecular weight excluding hydrogens is 266 g/mol. The highest BCUT2D eigenvalue weighted by Crippen LogP contribution is 2.23. The van der Waals surface area contributed by atoms with Crippen molar-refractivity contribution < 1.29 is 0 Å². The quantitative estimate of drug-likeness (QED) is 0.763. The van der Waals surface area contributed by atoms with E-state index in [0.29, 0.717) is 0 Å². The lowest BCUT2D eigenvalue weighted by molar-refractivity contribution is 0.477. The van der Waals surface area contributed by atoms with Gasteiger partial charge >= 0.3 is 0 Å². The summed E-state index contributed by atoms with van der Waals surface area (Å²) in [5.74, 6) is 0.827. The van der Waals surface area contributed by atoms with Crippen LogP contribution in [0.1, 0.15) is 43.9 Å². The second kappa shape index (κ2) is 6.29. The third-order valence-electron chi connectivity index (χ3n) is 2.36. The van der Waals surface area contributed by atoms with Crippen LogP contribution in [-0.2, 0) is 12.2 Å². The summed E-state index contributed by atoms with van der Waals surface area (Å²) in [6.07, 6.45) is 2.21. The van der Waals surface area contributed by atoms with Crippen LogP contribution in [0, 0.1) is 0 Å². The number of thiazole rings is 1. The maximum absolute atomic E-state index is 4.59. The third-order valence-corrected chi connectivity index (χ3v) is 4.29. The Morgan fingerprint density at radius 3 is 3.00 bits per heavy atom. The van der Waals surface area contributed by atoms with Crippen LogP contribution in [0.5, 0.6) is 0 Å². The maximum Gasteiger partial charge on any atom is 0.209 e. The van der Waals surface area contributed by atoms with Crippen LogP contribution in [0.4, 0.5) is 0 Å². The fraction of sp³-hybridized carbons (Fsp3) is 0.636. The van der Waals surface area contributed by atoms with Gasteiger partial charge in [-0.15, -0.1) is 16.4 Å². The summed E-state index contributed by atoms with van der Waals surface area (Å²) >= 11 is 3.38. The number of hydrogen-bond donors (Lipinski definition) is 0. The van der Waals surface area contributed by atoms with Crippen LogP contribution in [0.3, 0.4) is 0 Å². The number of aryl methyl sites for hydroxylation is 1. The minimum atomic E-state index is 0.286. The highest BCUT2D eigenvalue weighted by molar-refractivity contribution is 7.98. The van der Waals surface area contributed by atoms with Crippen molar-refractivity contribution in [2.24, 2.45) is 0 Å². The second-order valence-electron chi connectivity index (χ2n) is 4.27. The normalized spacial score (nSPS) is 11.3. The Hall–Kier alpha value is -0.950. The van der Waals surface area contributed by atoms with Gasteiger partial charge in [0, 0.05) is 11.1 Å². The highest BCUT2D eigenvalue weighted by atomic mass is 32.2. The molecule has 0 spiro atoms. The summed E-state index contributed by atoms with van der Waals surface area (Å²) in [7, 11) is 0. The molecule has 0 aromatic carbocycles. The molecule has 0 N–H and O–H groups in total. The van der Waals surface area contributed by atoms with Gasteiger partial charge in [-0.05, 0) is 37.1 Å². The van der Waals surface area contributed by atoms with Gasteiger partial charge in [0.05, 0.1) is 16.7 Å².